The minimum Gasteiger partial charge on any atom is -0.309 e. The molecule has 9 aromatic carbocycles. The average molecular weight is 779 g/mol. The maximum atomic E-state index is 2.57. The Morgan fingerprint density at radius 3 is 1.48 bits per heavy atom. The van der Waals surface area contributed by atoms with E-state index in [1.807, 2.05) is 0 Å². The van der Waals surface area contributed by atoms with Gasteiger partial charge in [0.15, 0.2) is 0 Å². The molecular weight excluding hydrogens is 725 g/mol. The summed E-state index contributed by atoms with van der Waals surface area (Å²) in [6.45, 7) is 20.9. The number of hydrogen-bond donors (Lipinski definition) is 0. The molecule has 0 bridgehead atoms. The van der Waals surface area contributed by atoms with Gasteiger partial charge >= 0.3 is 0 Å². The van der Waals surface area contributed by atoms with Gasteiger partial charge in [0.05, 0.1) is 28.1 Å². The summed E-state index contributed by atoms with van der Waals surface area (Å²) in [5.41, 5.74) is 13.5. The second-order valence-corrected chi connectivity index (χ2v) is 19.9. The van der Waals surface area contributed by atoms with Crippen molar-refractivity contribution in [2.24, 2.45) is 0 Å². The predicted octanol–water partition coefficient (Wildman–Crippen LogP) is 16.7. The summed E-state index contributed by atoms with van der Waals surface area (Å²) in [7, 11) is 0. The molecule has 2 heteroatoms. The molecule has 0 aliphatic heterocycles. The van der Waals surface area contributed by atoms with Crippen LogP contribution in [0.3, 0.4) is 0 Å². The van der Waals surface area contributed by atoms with Crippen LogP contribution in [0.25, 0.3) is 70.9 Å². The van der Waals surface area contributed by atoms with Gasteiger partial charge in [0.25, 0.3) is 0 Å². The molecule has 0 atom stereocenters. The monoisotopic (exact) mass is 778 g/mol. The summed E-state index contributed by atoms with van der Waals surface area (Å²) in [5.74, 6) is 0. The summed E-state index contributed by atoms with van der Waals surface area (Å²) < 4.78 is 2.47. The van der Waals surface area contributed by atoms with Gasteiger partial charge in [-0.3, -0.25) is 0 Å². The van der Waals surface area contributed by atoms with Crippen molar-refractivity contribution in [3.05, 3.63) is 180 Å². The second-order valence-electron chi connectivity index (χ2n) is 19.9. The summed E-state index contributed by atoms with van der Waals surface area (Å²) in [5, 5.41) is 10.1. The van der Waals surface area contributed by atoms with Crippen LogP contribution < -0.4 is 4.90 Å². The Kier molecular flexibility index (Phi) is 8.57. The SMILES string of the molecule is CC(C)(C)c1cc(N(c2ccc(C(C)(C)C)cc2-c2ccccc2)c2ccc3ccc4c(-n5c6ccccc6c6ccccc65)ccc5ccc2c3c54)cc(C(C)(C)C)c1. The Morgan fingerprint density at radius 1 is 0.383 bits per heavy atom. The first-order valence-corrected chi connectivity index (χ1v) is 21.5. The Labute approximate surface area is 355 Å². The third-order valence-corrected chi connectivity index (χ3v) is 12.8. The van der Waals surface area contributed by atoms with Gasteiger partial charge in [-0.2, -0.15) is 0 Å². The second kappa shape index (κ2) is 13.6. The van der Waals surface area contributed by atoms with Crippen LogP contribution in [-0.2, 0) is 16.2 Å². The van der Waals surface area contributed by atoms with Crippen LogP contribution >= 0.6 is 0 Å². The third kappa shape index (κ3) is 6.15. The lowest BCUT2D eigenvalue weighted by Gasteiger charge is -2.34. The molecule has 0 aliphatic rings. The molecule has 0 aliphatic carbocycles. The van der Waals surface area contributed by atoms with E-state index >= 15 is 0 Å². The molecule has 1 aromatic heterocycles. The minimum atomic E-state index is -0.0497. The molecule has 0 saturated carbocycles. The average Bonchev–Trinajstić information content (AvgIpc) is 3.56. The molecule has 0 N–H and O–H groups in total. The van der Waals surface area contributed by atoms with Crippen molar-refractivity contribution in [2.45, 2.75) is 78.6 Å². The number of nitrogens with zero attached hydrogens (tertiary/aromatic N) is 2. The van der Waals surface area contributed by atoms with Gasteiger partial charge < -0.3 is 9.47 Å². The van der Waals surface area contributed by atoms with Crippen molar-refractivity contribution in [3.63, 3.8) is 0 Å². The van der Waals surface area contributed by atoms with Crippen LogP contribution in [0.1, 0.15) is 79.0 Å². The molecular formula is C58H54N2. The van der Waals surface area contributed by atoms with Gasteiger partial charge in [0.1, 0.15) is 0 Å². The van der Waals surface area contributed by atoms with Crippen LogP contribution in [0.15, 0.2) is 164 Å². The minimum absolute atomic E-state index is 0.0144. The number of anilines is 3. The maximum absolute atomic E-state index is 2.57. The molecule has 0 saturated heterocycles. The molecule has 2 nitrogen and oxygen atoms in total. The van der Waals surface area contributed by atoms with Gasteiger partial charge in [-0.15, -0.1) is 0 Å². The Balaban J connectivity index is 1.31. The standard InChI is InChI=1S/C58H54N2/c1-56(2,3)40-27-32-53(48(36-40)37-17-11-10-12-18-37)59(43-34-41(57(4,5)6)33-42(35-43)58(7,8)9)51-30-25-38-24-29-47-52(31-26-39-23-28-46(51)54(38)55(39)47)60-49-21-15-13-19-44(49)45-20-14-16-22-50(45)60/h10-36H,1-9H3. The van der Waals surface area contributed by atoms with Crippen LogP contribution in [-0.4, -0.2) is 4.57 Å². The highest BCUT2D eigenvalue weighted by molar-refractivity contribution is 6.27. The molecule has 0 amide bonds. The Hall–Kier alpha value is -6.38. The zero-order valence-corrected chi connectivity index (χ0v) is 36.5. The van der Waals surface area contributed by atoms with E-state index in [4.69, 9.17) is 0 Å². The molecule has 10 rings (SSSR count). The summed E-state index contributed by atoms with van der Waals surface area (Å²) >= 11 is 0. The molecule has 0 unspecified atom stereocenters. The first kappa shape index (κ1) is 37.9. The highest BCUT2D eigenvalue weighted by atomic mass is 15.1. The fourth-order valence-corrected chi connectivity index (χ4v) is 9.40. The molecule has 60 heavy (non-hydrogen) atoms. The maximum Gasteiger partial charge on any atom is 0.0541 e. The van der Waals surface area contributed by atoms with E-state index in [2.05, 4.69) is 236 Å². The normalized spacial score (nSPS) is 12.8. The van der Waals surface area contributed by atoms with Gasteiger partial charge in [-0.25, -0.2) is 0 Å². The molecule has 0 spiro atoms. The van der Waals surface area contributed by atoms with E-state index < -0.39 is 0 Å². The van der Waals surface area contributed by atoms with Gasteiger partial charge in [-0.1, -0.05) is 178 Å². The third-order valence-electron chi connectivity index (χ3n) is 12.8. The first-order valence-electron chi connectivity index (χ1n) is 21.5. The Bertz CT molecular complexity index is 3160. The van der Waals surface area contributed by atoms with Crippen LogP contribution in [0.5, 0.6) is 0 Å². The van der Waals surface area contributed by atoms with E-state index in [1.54, 1.807) is 0 Å². The lowest BCUT2D eigenvalue weighted by molar-refractivity contribution is 0.568. The van der Waals surface area contributed by atoms with Crippen LogP contribution in [0.4, 0.5) is 17.1 Å². The van der Waals surface area contributed by atoms with E-state index in [1.165, 1.54) is 105 Å². The fourth-order valence-electron chi connectivity index (χ4n) is 9.40. The van der Waals surface area contributed by atoms with Crippen molar-refractivity contribution in [1.82, 2.24) is 4.57 Å². The van der Waals surface area contributed by atoms with E-state index in [-0.39, 0.29) is 16.2 Å². The van der Waals surface area contributed by atoms with Crippen molar-refractivity contribution in [2.75, 3.05) is 4.90 Å². The predicted molar refractivity (Wildman–Crippen MR) is 261 cm³/mol. The van der Waals surface area contributed by atoms with Crippen molar-refractivity contribution >= 4 is 71.2 Å². The largest absolute Gasteiger partial charge is 0.309 e. The van der Waals surface area contributed by atoms with E-state index in [9.17, 15) is 0 Å². The quantitative estimate of drug-likeness (QED) is 0.158. The van der Waals surface area contributed by atoms with Crippen LogP contribution in [0, 0.1) is 0 Å². The van der Waals surface area contributed by atoms with Crippen molar-refractivity contribution < 1.29 is 0 Å². The summed E-state index contributed by atoms with van der Waals surface area (Å²) in [6.07, 6.45) is 0. The molecule has 0 fully saturated rings. The number of aromatic nitrogens is 1. The van der Waals surface area contributed by atoms with Crippen LogP contribution in [0.2, 0.25) is 0 Å². The lowest BCUT2D eigenvalue weighted by atomic mass is 9.80. The molecule has 296 valence electrons. The lowest BCUT2D eigenvalue weighted by Crippen LogP contribution is -2.20. The molecule has 0 radical (unpaired) electrons. The fraction of sp³-hybridized carbons (Fsp3) is 0.207. The molecule has 10 aromatic rings. The zero-order chi connectivity index (χ0) is 41.7. The highest BCUT2D eigenvalue weighted by Gasteiger charge is 2.28. The number of hydrogen-bond acceptors (Lipinski definition) is 1. The zero-order valence-electron chi connectivity index (χ0n) is 36.5. The Morgan fingerprint density at radius 2 is 0.883 bits per heavy atom. The van der Waals surface area contributed by atoms with Gasteiger partial charge in [0.2, 0.25) is 0 Å². The number of para-hydroxylation sites is 2. The van der Waals surface area contributed by atoms with Gasteiger partial charge in [0, 0.05) is 32.8 Å². The van der Waals surface area contributed by atoms with Crippen molar-refractivity contribution in [1.29, 1.82) is 0 Å². The topological polar surface area (TPSA) is 8.17 Å². The van der Waals surface area contributed by atoms with Crippen molar-refractivity contribution in [3.8, 4) is 16.8 Å². The van der Waals surface area contributed by atoms with Gasteiger partial charge in [-0.05, 0) is 109 Å². The van der Waals surface area contributed by atoms with E-state index in [0.29, 0.717) is 0 Å². The number of fused-ring (bicyclic) bond motifs is 3. The number of benzene rings is 9. The highest BCUT2D eigenvalue weighted by Crippen LogP contribution is 2.49. The first-order chi connectivity index (χ1) is 28.7. The summed E-state index contributed by atoms with van der Waals surface area (Å²) in [4.78, 5) is 2.57. The molecule has 1 heterocycles. The smallest absolute Gasteiger partial charge is 0.0541 e. The number of rotatable bonds is 5. The summed E-state index contributed by atoms with van der Waals surface area (Å²) in [6, 6.07) is 61.8. The van der Waals surface area contributed by atoms with E-state index in [0.717, 1.165) is 0 Å².